The number of benzene rings is 1. The minimum absolute atomic E-state index is 0.00387. The number of aliphatic hydroxyl groups is 1. The molecule has 0 spiro atoms. The molecule has 1 fully saturated rings. The fraction of sp³-hybridized carbons (Fsp3) is 0.412. The van der Waals surface area contributed by atoms with E-state index in [1.54, 1.807) is 6.26 Å². The lowest BCUT2D eigenvalue weighted by atomic mass is 9.99. The van der Waals surface area contributed by atoms with Gasteiger partial charge in [0.1, 0.15) is 5.76 Å². The molecule has 106 valence electrons. The monoisotopic (exact) mass is 271 g/mol. The van der Waals surface area contributed by atoms with E-state index in [9.17, 15) is 5.11 Å². The molecule has 1 aliphatic rings. The van der Waals surface area contributed by atoms with Crippen molar-refractivity contribution in [2.75, 3.05) is 6.54 Å². The molecule has 0 saturated heterocycles. The van der Waals surface area contributed by atoms with Gasteiger partial charge in [-0.2, -0.15) is 0 Å². The Morgan fingerprint density at radius 1 is 1.10 bits per heavy atom. The molecule has 1 aromatic heterocycles. The number of hydrogen-bond acceptors (Lipinski definition) is 3. The molecule has 0 aliphatic heterocycles. The van der Waals surface area contributed by atoms with Gasteiger partial charge >= 0.3 is 0 Å². The molecule has 1 heterocycles. The van der Waals surface area contributed by atoms with E-state index in [0.717, 1.165) is 37.0 Å². The summed E-state index contributed by atoms with van der Waals surface area (Å²) < 4.78 is 5.55. The summed E-state index contributed by atoms with van der Waals surface area (Å²) in [6.07, 6.45) is 5.71. The van der Waals surface area contributed by atoms with E-state index in [2.05, 4.69) is 17.4 Å². The Kier molecular flexibility index (Phi) is 3.90. The molecule has 3 nitrogen and oxygen atoms in total. The zero-order valence-corrected chi connectivity index (χ0v) is 11.6. The third kappa shape index (κ3) is 2.94. The summed E-state index contributed by atoms with van der Waals surface area (Å²) in [7, 11) is 0. The first-order chi connectivity index (χ1) is 9.77. The van der Waals surface area contributed by atoms with Gasteiger partial charge in [0.05, 0.1) is 17.9 Å². The lowest BCUT2D eigenvalue weighted by Crippen LogP contribution is -2.39. The zero-order chi connectivity index (χ0) is 13.8. The Labute approximate surface area is 119 Å². The van der Waals surface area contributed by atoms with Crippen molar-refractivity contribution >= 4 is 0 Å². The molecule has 0 amide bonds. The van der Waals surface area contributed by atoms with E-state index in [1.165, 1.54) is 0 Å². The summed E-state index contributed by atoms with van der Waals surface area (Å²) in [6.45, 7) is 0.604. The van der Waals surface area contributed by atoms with Gasteiger partial charge in [0.15, 0.2) is 0 Å². The molecular formula is C17H21NO2. The van der Waals surface area contributed by atoms with Crippen molar-refractivity contribution < 1.29 is 9.52 Å². The molecule has 1 aliphatic carbocycles. The van der Waals surface area contributed by atoms with Gasteiger partial charge in [-0.15, -0.1) is 0 Å². The first kappa shape index (κ1) is 13.4. The van der Waals surface area contributed by atoms with E-state index in [0.29, 0.717) is 6.54 Å². The van der Waals surface area contributed by atoms with Gasteiger partial charge in [0.2, 0.25) is 0 Å². The van der Waals surface area contributed by atoms with Crippen LogP contribution in [0.1, 0.15) is 43.0 Å². The van der Waals surface area contributed by atoms with Crippen molar-refractivity contribution in [1.82, 2.24) is 5.32 Å². The van der Waals surface area contributed by atoms with Gasteiger partial charge in [0.25, 0.3) is 0 Å². The van der Waals surface area contributed by atoms with Crippen molar-refractivity contribution in [2.24, 2.45) is 0 Å². The highest BCUT2D eigenvalue weighted by Gasteiger charge is 2.32. The fourth-order valence-corrected chi connectivity index (χ4v) is 2.99. The molecular weight excluding hydrogens is 250 g/mol. The maximum Gasteiger partial charge on any atom is 0.125 e. The molecule has 1 unspecified atom stereocenters. The maximum absolute atomic E-state index is 10.5. The van der Waals surface area contributed by atoms with Crippen molar-refractivity contribution in [3.05, 3.63) is 60.1 Å². The summed E-state index contributed by atoms with van der Waals surface area (Å²) in [5.41, 5.74) is 0.601. The second-order valence-corrected chi connectivity index (χ2v) is 5.67. The summed E-state index contributed by atoms with van der Waals surface area (Å²) >= 11 is 0. The predicted molar refractivity (Wildman–Crippen MR) is 78.4 cm³/mol. The Hall–Kier alpha value is -1.58. The van der Waals surface area contributed by atoms with E-state index in [1.807, 2.05) is 30.3 Å². The number of hydrogen-bond donors (Lipinski definition) is 2. The first-order valence-corrected chi connectivity index (χ1v) is 7.31. The lowest BCUT2D eigenvalue weighted by Gasteiger charge is -2.26. The minimum atomic E-state index is -0.556. The molecule has 20 heavy (non-hydrogen) atoms. The van der Waals surface area contributed by atoms with E-state index >= 15 is 0 Å². The Morgan fingerprint density at radius 3 is 2.50 bits per heavy atom. The fourth-order valence-electron chi connectivity index (χ4n) is 2.99. The number of rotatable bonds is 5. The van der Waals surface area contributed by atoms with Crippen LogP contribution in [0.2, 0.25) is 0 Å². The largest absolute Gasteiger partial charge is 0.467 e. The quantitative estimate of drug-likeness (QED) is 0.877. The molecule has 2 aromatic rings. The third-order valence-corrected chi connectivity index (χ3v) is 4.13. The third-order valence-electron chi connectivity index (χ3n) is 4.13. The smallest absolute Gasteiger partial charge is 0.125 e. The van der Waals surface area contributed by atoms with E-state index < -0.39 is 5.60 Å². The van der Waals surface area contributed by atoms with Crippen molar-refractivity contribution in [3.63, 3.8) is 0 Å². The Bertz CT molecular complexity index is 515. The van der Waals surface area contributed by atoms with Crippen molar-refractivity contribution in [2.45, 2.75) is 37.3 Å². The Balaban J connectivity index is 1.76. The lowest BCUT2D eigenvalue weighted by molar-refractivity contribution is 0.0454. The van der Waals surface area contributed by atoms with Crippen molar-refractivity contribution in [3.8, 4) is 0 Å². The molecule has 0 bridgehead atoms. The van der Waals surface area contributed by atoms with Crippen LogP contribution in [0, 0.1) is 0 Å². The number of nitrogens with one attached hydrogen (secondary N) is 1. The average Bonchev–Trinajstić information content (AvgIpc) is 3.13. The van der Waals surface area contributed by atoms with E-state index in [-0.39, 0.29) is 6.04 Å². The van der Waals surface area contributed by atoms with Crippen molar-refractivity contribution in [1.29, 1.82) is 0 Å². The SMILES string of the molecule is OC1(CNC(c2ccccc2)c2ccco2)CCCC1. The molecule has 1 saturated carbocycles. The van der Waals surface area contributed by atoms with Gasteiger partial charge in [-0.05, 0) is 30.5 Å². The van der Waals surface area contributed by atoms with Crippen LogP contribution in [0.25, 0.3) is 0 Å². The zero-order valence-electron chi connectivity index (χ0n) is 11.6. The highest BCUT2D eigenvalue weighted by Crippen LogP contribution is 2.30. The molecule has 2 N–H and O–H groups in total. The summed E-state index contributed by atoms with van der Waals surface area (Å²) in [4.78, 5) is 0. The summed E-state index contributed by atoms with van der Waals surface area (Å²) in [5, 5.41) is 14.0. The molecule has 1 aromatic carbocycles. The second kappa shape index (κ2) is 5.81. The maximum atomic E-state index is 10.5. The van der Waals surface area contributed by atoms with Gasteiger partial charge in [-0.1, -0.05) is 43.2 Å². The van der Waals surface area contributed by atoms with Gasteiger partial charge in [0, 0.05) is 6.54 Å². The standard InChI is InChI=1S/C17H21NO2/c19-17(10-4-5-11-17)13-18-16(15-9-6-12-20-15)14-7-2-1-3-8-14/h1-3,6-9,12,16,18-19H,4-5,10-11,13H2. The van der Waals surface area contributed by atoms with Gasteiger partial charge < -0.3 is 14.8 Å². The van der Waals surface area contributed by atoms with Gasteiger partial charge in [-0.25, -0.2) is 0 Å². The minimum Gasteiger partial charge on any atom is -0.467 e. The highest BCUT2D eigenvalue weighted by atomic mass is 16.3. The van der Waals surface area contributed by atoms with Crippen LogP contribution >= 0.6 is 0 Å². The molecule has 3 rings (SSSR count). The van der Waals surface area contributed by atoms with Crippen LogP contribution in [0.5, 0.6) is 0 Å². The van der Waals surface area contributed by atoms with Crippen LogP contribution in [-0.4, -0.2) is 17.3 Å². The van der Waals surface area contributed by atoms with E-state index in [4.69, 9.17) is 4.42 Å². The highest BCUT2D eigenvalue weighted by molar-refractivity contribution is 5.26. The molecule has 3 heteroatoms. The van der Waals surface area contributed by atoms with Crippen LogP contribution in [0.3, 0.4) is 0 Å². The summed E-state index contributed by atoms with van der Waals surface area (Å²) in [6, 6.07) is 14.1. The number of furan rings is 1. The Morgan fingerprint density at radius 2 is 1.85 bits per heavy atom. The van der Waals surface area contributed by atoms with Crippen LogP contribution in [0.15, 0.2) is 53.1 Å². The van der Waals surface area contributed by atoms with Crippen LogP contribution < -0.4 is 5.32 Å². The van der Waals surface area contributed by atoms with Crippen LogP contribution in [0.4, 0.5) is 0 Å². The normalized spacial score (nSPS) is 19.1. The molecule has 1 atom stereocenters. The summed E-state index contributed by atoms with van der Waals surface area (Å²) in [5.74, 6) is 0.887. The van der Waals surface area contributed by atoms with Gasteiger partial charge in [-0.3, -0.25) is 0 Å². The molecule has 0 radical (unpaired) electrons. The first-order valence-electron chi connectivity index (χ1n) is 7.31. The predicted octanol–water partition coefficient (Wildman–Crippen LogP) is 3.26. The second-order valence-electron chi connectivity index (χ2n) is 5.67. The van der Waals surface area contributed by atoms with Crippen LogP contribution in [-0.2, 0) is 0 Å². The average molecular weight is 271 g/mol. The topological polar surface area (TPSA) is 45.4 Å².